The van der Waals surface area contributed by atoms with Crippen molar-refractivity contribution in [2.24, 2.45) is 5.92 Å². The van der Waals surface area contributed by atoms with E-state index in [9.17, 15) is 9.59 Å². The Morgan fingerprint density at radius 1 is 1.24 bits per heavy atom. The molecule has 5 nitrogen and oxygen atoms in total. The molecule has 1 aromatic rings. The second kappa shape index (κ2) is 8.61. The first-order chi connectivity index (χ1) is 11.8. The minimum Gasteiger partial charge on any atom is -0.469 e. The lowest BCUT2D eigenvalue weighted by atomic mass is 9.96. The Morgan fingerprint density at radius 3 is 2.52 bits per heavy atom. The van der Waals surface area contributed by atoms with Gasteiger partial charge in [0.2, 0.25) is 0 Å². The van der Waals surface area contributed by atoms with E-state index in [0.717, 1.165) is 5.75 Å². The second-order valence-electron chi connectivity index (χ2n) is 7.18. The Morgan fingerprint density at radius 2 is 1.92 bits per heavy atom. The van der Waals surface area contributed by atoms with Crippen molar-refractivity contribution in [1.29, 1.82) is 0 Å². The van der Waals surface area contributed by atoms with E-state index >= 15 is 0 Å². The molecule has 0 bridgehead atoms. The third-order valence-corrected chi connectivity index (χ3v) is 5.43. The number of esters is 1. The van der Waals surface area contributed by atoms with Gasteiger partial charge in [0.1, 0.15) is 5.60 Å². The summed E-state index contributed by atoms with van der Waals surface area (Å²) in [5.41, 5.74) is 0.675. The number of benzene rings is 1. The molecule has 6 heteroatoms. The van der Waals surface area contributed by atoms with Crippen LogP contribution in [0.5, 0.6) is 0 Å². The predicted octanol–water partition coefficient (Wildman–Crippen LogP) is 3.72. The van der Waals surface area contributed by atoms with Crippen molar-refractivity contribution in [3.8, 4) is 0 Å². The third kappa shape index (κ3) is 5.96. The molecule has 0 radical (unpaired) electrons. The van der Waals surface area contributed by atoms with E-state index in [1.54, 1.807) is 16.7 Å². The minimum atomic E-state index is -0.525. The van der Waals surface area contributed by atoms with Gasteiger partial charge in [-0.25, -0.2) is 4.79 Å². The van der Waals surface area contributed by atoms with Crippen molar-refractivity contribution < 1.29 is 19.1 Å². The standard InChI is InChI=1S/C19H27NO4S/c1-19(2,3)24-18(22)20-11-10-15(17(21)23-4)16(12-20)25-13-14-8-6-5-7-9-14/h5-9,15-16H,10-13H2,1-4H3/t15-,16+/m0/s1. The van der Waals surface area contributed by atoms with E-state index in [2.05, 4.69) is 12.1 Å². The number of nitrogens with zero attached hydrogens (tertiary/aromatic N) is 1. The number of piperidine rings is 1. The fourth-order valence-electron chi connectivity index (χ4n) is 2.78. The minimum absolute atomic E-state index is 0.00563. The monoisotopic (exact) mass is 365 g/mol. The van der Waals surface area contributed by atoms with Crippen LogP contribution in [-0.2, 0) is 20.0 Å². The Balaban J connectivity index is 2.03. The molecule has 0 spiro atoms. The molecule has 1 amide bonds. The zero-order valence-corrected chi connectivity index (χ0v) is 16.2. The number of rotatable bonds is 4. The summed E-state index contributed by atoms with van der Waals surface area (Å²) < 4.78 is 10.4. The number of thioether (sulfide) groups is 1. The second-order valence-corrected chi connectivity index (χ2v) is 8.41. The highest BCUT2D eigenvalue weighted by atomic mass is 32.2. The van der Waals surface area contributed by atoms with Crippen LogP contribution in [0.15, 0.2) is 30.3 Å². The maximum atomic E-state index is 12.4. The highest BCUT2D eigenvalue weighted by Gasteiger charge is 2.38. The van der Waals surface area contributed by atoms with E-state index in [4.69, 9.17) is 9.47 Å². The van der Waals surface area contributed by atoms with Crippen LogP contribution in [0.25, 0.3) is 0 Å². The quantitative estimate of drug-likeness (QED) is 0.761. The van der Waals surface area contributed by atoms with Crippen LogP contribution >= 0.6 is 11.8 Å². The van der Waals surface area contributed by atoms with Gasteiger partial charge >= 0.3 is 12.1 Å². The lowest BCUT2D eigenvalue weighted by Gasteiger charge is -2.37. The summed E-state index contributed by atoms with van der Waals surface area (Å²) in [5, 5.41) is -0.00563. The van der Waals surface area contributed by atoms with Crippen molar-refractivity contribution in [3.05, 3.63) is 35.9 Å². The molecule has 1 saturated heterocycles. The van der Waals surface area contributed by atoms with Gasteiger partial charge < -0.3 is 14.4 Å². The van der Waals surface area contributed by atoms with Crippen molar-refractivity contribution in [3.63, 3.8) is 0 Å². The van der Waals surface area contributed by atoms with Crippen LogP contribution in [0, 0.1) is 5.92 Å². The first-order valence-electron chi connectivity index (χ1n) is 8.51. The van der Waals surface area contributed by atoms with Gasteiger partial charge in [0.25, 0.3) is 0 Å². The summed E-state index contributed by atoms with van der Waals surface area (Å²) in [7, 11) is 1.42. The number of hydrogen-bond donors (Lipinski definition) is 0. The smallest absolute Gasteiger partial charge is 0.410 e. The summed E-state index contributed by atoms with van der Waals surface area (Å²) >= 11 is 1.69. The van der Waals surface area contributed by atoms with E-state index in [0.29, 0.717) is 19.5 Å². The van der Waals surface area contributed by atoms with Crippen LogP contribution < -0.4 is 0 Å². The highest BCUT2D eigenvalue weighted by molar-refractivity contribution is 7.99. The Bertz CT molecular complexity index is 585. The SMILES string of the molecule is COC(=O)[C@H]1CCN(C(=O)OC(C)(C)C)C[C@H]1SCc1ccccc1. The molecule has 2 atom stereocenters. The largest absolute Gasteiger partial charge is 0.469 e. The molecule has 1 aliphatic rings. The predicted molar refractivity (Wildman–Crippen MR) is 99.5 cm³/mol. The average Bonchev–Trinajstić information content (AvgIpc) is 2.58. The molecule has 1 heterocycles. The molecular weight excluding hydrogens is 338 g/mol. The first kappa shape index (κ1) is 19.6. The number of ether oxygens (including phenoxy) is 2. The first-order valence-corrected chi connectivity index (χ1v) is 9.56. The molecule has 0 saturated carbocycles. The average molecular weight is 365 g/mol. The lowest BCUT2D eigenvalue weighted by molar-refractivity contribution is -0.146. The summed E-state index contributed by atoms with van der Waals surface area (Å²) in [5.74, 6) is 0.396. The van der Waals surface area contributed by atoms with Gasteiger partial charge in [0, 0.05) is 24.1 Å². The molecular formula is C19H27NO4S. The molecule has 1 fully saturated rings. The van der Waals surface area contributed by atoms with E-state index in [1.807, 2.05) is 39.0 Å². The summed E-state index contributed by atoms with van der Waals surface area (Å²) in [6.45, 7) is 6.57. The van der Waals surface area contributed by atoms with Crippen molar-refractivity contribution in [2.45, 2.75) is 43.8 Å². The number of carbonyl (C=O) groups excluding carboxylic acids is 2. The molecule has 1 aromatic carbocycles. The van der Waals surface area contributed by atoms with E-state index in [1.165, 1.54) is 12.7 Å². The molecule has 0 unspecified atom stereocenters. The number of hydrogen-bond acceptors (Lipinski definition) is 5. The summed E-state index contributed by atoms with van der Waals surface area (Å²) in [6.07, 6.45) is 0.277. The Kier molecular flexibility index (Phi) is 6.76. The van der Waals surface area contributed by atoms with Crippen molar-refractivity contribution in [1.82, 2.24) is 4.90 Å². The maximum Gasteiger partial charge on any atom is 0.410 e. The van der Waals surface area contributed by atoms with Crippen LogP contribution in [0.3, 0.4) is 0 Å². The fourth-order valence-corrected chi connectivity index (χ4v) is 4.14. The van der Waals surface area contributed by atoms with Crippen LogP contribution in [-0.4, -0.2) is 48.0 Å². The summed E-state index contributed by atoms with van der Waals surface area (Å²) in [6, 6.07) is 10.1. The number of carbonyl (C=O) groups is 2. The van der Waals surface area contributed by atoms with Crippen molar-refractivity contribution in [2.75, 3.05) is 20.2 Å². The number of likely N-dealkylation sites (tertiary alicyclic amines) is 1. The number of methoxy groups -OCH3 is 1. The Labute approximate surface area is 154 Å². The van der Waals surface area contributed by atoms with Gasteiger partial charge in [0.05, 0.1) is 13.0 Å². The highest BCUT2D eigenvalue weighted by Crippen LogP contribution is 2.32. The fraction of sp³-hybridized carbons (Fsp3) is 0.579. The van der Waals surface area contributed by atoms with Gasteiger partial charge in [-0.3, -0.25) is 4.79 Å². The van der Waals surface area contributed by atoms with Gasteiger partial charge in [-0.15, -0.1) is 0 Å². The Hall–Kier alpha value is -1.69. The molecule has 138 valence electrons. The molecule has 2 rings (SSSR count). The van der Waals surface area contributed by atoms with Crippen LogP contribution in [0.1, 0.15) is 32.8 Å². The molecule has 0 aliphatic carbocycles. The molecule has 0 aromatic heterocycles. The van der Waals surface area contributed by atoms with Gasteiger partial charge in [-0.1, -0.05) is 30.3 Å². The zero-order valence-electron chi connectivity index (χ0n) is 15.4. The van der Waals surface area contributed by atoms with Crippen LogP contribution in [0.4, 0.5) is 4.79 Å². The van der Waals surface area contributed by atoms with Gasteiger partial charge in [-0.2, -0.15) is 11.8 Å². The van der Waals surface area contributed by atoms with E-state index < -0.39 is 5.60 Å². The third-order valence-electron chi connectivity index (χ3n) is 4.02. The van der Waals surface area contributed by atoms with Gasteiger partial charge in [0.15, 0.2) is 0 Å². The molecule has 1 aliphatic heterocycles. The maximum absolute atomic E-state index is 12.4. The molecule has 25 heavy (non-hydrogen) atoms. The zero-order chi connectivity index (χ0) is 18.4. The number of amides is 1. The normalized spacial score (nSPS) is 20.9. The molecule has 0 N–H and O–H groups in total. The van der Waals surface area contributed by atoms with E-state index in [-0.39, 0.29) is 23.2 Å². The lowest BCUT2D eigenvalue weighted by Crippen LogP contribution is -2.49. The van der Waals surface area contributed by atoms with Gasteiger partial charge in [-0.05, 0) is 32.8 Å². The van der Waals surface area contributed by atoms with Crippen molar-refractivity contribution >= 4 is 23.8 Å². The topological polar surface area (TPSA) is 55.8 Å². The van der Waals surface area contributed by atoms with Crippen LogP contribution in [0.2, 0.25) is 0 Å². The summed E-state index contributed by atoms with van der Waals surface area (Å²) in [4.78, 5) is 26.2.